The topological polar surface area (TPSA) is 67.2 Å². The first-order valence-corrected chi connectivity index (χ1v) is 8.71. The summed E-state index contributed by atoms with van der Waals surface area (Å²) in [7, 11) is 1.65. The molecule has 1 fully saturated rings. The molecule has 1 unspecified atom stereocenters. The van der Waals surface area contributed by atoms with Crippen LogP contribution in [-0.2, 0) is 4.79 Å². The highest BCUT2D eigenvalue weighted by Gasteiger charge is 2.26. The fourth-order valence-corrected chi connectivity index (χ4v) is 3.25. The standard InChI is InChI=1S/C18H21ClN4O2/c1-12-5-6-14(10-15(12)19)23-17(24)8-7-16(21-23)22-9-3-4-13(11-22)18(25)20-2/h5-8,10,13H,3-4,9,11H2,1-2H3,(H,20,25). The molecule has 1 atom stereocenters. The third-order valence-electron chi connectivity index (χ3n) is 4.55. The number of anilines is 1. The van der Waals surface area contributed by atoms with Crippen LogP contribution in [0.25, 0.3) is 5.69 Å². The van der Waals surface area contributed by atoms with Crippen LogP contribution < -0.4 is 15.8 Å². The zero-order valence-electron chi connectivity index (χ0n) is 14.3. The van der Waals surface area contributed by atoms with Crippen molar-refractivity contribution in [3.8, 4) is 5.69 Å². The number of hydrogen-bond acceptors (Lipinski definition) is 4. The van der Waals surface area contributed by atoms with Crippen LogP contribution in [0.1, 0.15) is 18.4 Å². The van der Waals surface area contributed by atoms with Gasteiger partial charge in [-0.1, -0.05) is 17.7 Å². The molecule has 1 aromatic heterocycles. The van der Waals surface area contributed by atoms with Gasteiger partial charge in [-0.3, -0.25) is 9.59 Å². The van der Waals surface area contributed by atoms with Crippen molar-refractivity contribution < 1.29 is 4.79 Å². The molecular formula is C18H21ClN4O2. The quantitative estimate of drug-likeness (QED) is 0.910. The number of benzene rings is 1. The van der Waals surface area contributed by atoms with E-state index in [0.717, 1.165) is 24.9 Å². The molecule has 0 radical (unpaired) electrons. The first kappa shape index (κ1) is 17.5. The second-order valence-electron chi connectivity index (χ2n) is 6.27. The fourth-order valence-electron chi connectivity index (χ4n) is 3.07. The highest BCUT2D eigenvalue weighted by atomic mass is 35.5. The molecule has 0 aliphatic carbocycles. The van der Waals surface area contributed by atoms with Crippen LogP contribution >= 0.6 is 11.6 Å². The lowest BCUT2D eigenvalue weighted by Gasteiger charge is -2.32. The molecule has 0 spiro atoms. The average molecular weight is 361 g/mol. The Bertz CT molecular complexity index is 849. The summed E-state index contributed by atoms with van der Waals surface area (Å²) in [5.41, 5.74) is 1.35. The van der Waals surface area contributed by atoms with Gasteiger partial charge in [-0.15, -0.1) is 5.10 Å². The number of halogens is 1. The summed E-state index contributed by atoms with van der Waals surface area (Å²) in [4.78, 5) is 26.2. The molecule has 1 aliphatic rings. The predicted octanol–water partition coefficient (Wildman–Crippen LogP) is 2.16. The number of rotatable bonds is 3. The van der Waals surface area contributed by atoms with Crippen LogP contribution in [0.15, 0.2) is 35.1 Å². The van der Waals surface area contributed by atoms with E-state index in [1.807, 2.05) is 19.1 Å². The first-order valence-electron chi connectivity index (χ1n) is 8.33. The van der Waals surface area contributed by atoms with E-state index >= 15 is 0 Å². The van der Waals surface area contributed by atoms with Crippen LogP contribution in [0.5, 0.6) is 0 Å². The van der Waals surface area contributed by atoms with Crippen molar-refractivity contribution >= 4 is 23.3 Å². The van der Waals surface area contributed by atoms with E-state index in [9.17, 15) is 9.59 Å². The maximum atomic E-state index is 12.2. The highest BCUT2D eigenvalue weighted by molar-refractivity contribution is 6.31. The lowest BCUT2D eigenvalue weighted by Crippen LogP contribution is -2.43. The Balaban J connectivity index is 1.92. The molecule has 6 nitrogen and oxygen atoms in total. The van der Waals surface area contributed by atoms with Gasteiger partial charge in [-0.05, 0) is 43.5 Å². The normalized spacial score (nSPS) is 17.4. The van der Waals surface area contributed by atoms with E-state index in [1.165, 1.54) is 10.7 Å². The average Bonchev–Trinajstić information content (AvgIpc) is 2.64. The maximum Gasteiger partial charge on any atom is 0.271 e. The van der Waals surface area contributed by atoms with E-state index in [2.05, 4.69) is 15.3 Å². The maximum absolute atomic E-state index is 12.2. The summed E-state index contributed by atoms with van der Waals surface area (Å²) in [6, 6.07) is 8.63. The minimum atomic E-state index is -0.219. The summed E-state index contributed by atoms with van der Waals surface area (Å²) in [6.45, 7) is 3.32. The molecular weight excluding hydrogens is 340 g/mol. The number of amides is 1. The summed E-state index contributed by atoms with van der Waals surface area (Å²) < 4.78 is 1.35. The monoisotopic (exact) mass is 360 g/mol. The van der Waals surface area contributed by atoms with E-state index < -0.39 is 0 Å². The van der Waals surface area contributed by atoms with Crippen molar-refractivity contribution in [2.75, 3.05) is 25.0 Å². The van der Waals surface area contributed by atoms with Crippen LogP contribution in [0.4, 0.5) is 5.82 Å². The number of piperidine rings is 1. The van der Waals surface area contributed by atoms with E-state index in [4.69, 9.17) is 11.6 Å². The van der Waals surface area contributed by atoms with Crippen molar-refractivity contribution in [2.24, 2.45) is 5.92 Å². The van der Waals surface area contributed by atoms with Gasteiger partial charge in [-0.2, -0.15) is 4.68 Å². The van der Waals surface area contributed by atoms with Gasteiger partial charge in [0.2, 0.25) is 5.91 Å². The third kappa shape index (κ3) is 3.69. The smallest absolute Gasteiger partial charge is 0.271 e. The first-order chi connectivity index (χ1) is 12.0. The lowest BCUT2D eigenvalue weighted by molar-refractivity contribution is -0.124. The second-order valence-corrected chi connectivity index (χ2v) is 6.68. The molecule has 2 heterocycles. The van der Waals surface area contributed by atoms with Crippen LogP contribution in [0.2, 0.25) is 5.02 Å². The molecule has 1 amide bonds. The van der Waals surface area contributed by atoms with Crippen LogP contribution in [-0.4, -0.2) is 35.8 Å². The third-order valence-corrected chi connectivity index (χ3v) is 4.96. The largest absolute Gasteiger partial charge is 0.359 e. The molecule has 3 rings (SSSR count). The van der Waals surface area contributed by atoms with Crippen molar-refractivity contribution in [1.82, 2.24) is 15.1 Å². The molecule has 7 heteroatoms. The van der Waals surface area contributed by atoms with Crippen molar-refractivity contribution in [3.05, 3.63) is 51.3 Å². The number of nitrogens with one attached hydrogen (secondary N) is 1. The molecule has 1 aromatic carbocycles. The van der Waals surface area contributed by atoms with Crippen molar-refractivity contribution in [3.63, 3.8) is 0 Å². The SMILES string of the molecule is CNC(=O)C1CCCN(c2ccc(=O)n(-c3ccc(C)c(Cl)c3)n2)C1. The van der Waals surface area contributed by atoms with Gasteiger partial charge in [0.25, 0.3) is 5.56 Å². The fraction of sp³-hybridized carbons (Fsp3) is 0.389. The van der Waals surface area contributed by atoms with Gasteiger partial charge >= 0.3 is 0 Å². The Morgan fingerprint density at radius 1 is 1.32 bits per heavy atom. The molecule has 1 saturated heterocycles. The second kappa shape index (κ2) is 7.27. The molecule has 25 heavy (non-hydrogen) atoms. The van der Waals surface area contributed by atoms with E-state index in [-0.39, 0.29) is 17.4 Å². The molecule has 132 valence electrons. The predicted molar refractivity (Wildman–Crippen MR) is 98.6 cm³/mol. The van der Waals surface area contributed by atoms with Crippen LogP contribution in [0, 0.1) is 12.8 Å². The van der Waals surface area contributed by atoms with Gasteiger partial charge in [0.05, 0.1) is 11.6 Å². The molecule has 0 saturated carbocycles. The molecule has 1 N–H and O–H groups in total. The lowest BCUT2D eigenvalue weighted by atomic mass is 9.97. The minimum absolute atomic E-state index is 0.0448. The zero-order chi connectivity index (χ0) is 18.0. The number of carbonyl (C=O) groups is 1. The number of nitrogens with zero attached hydrogens (tertiary/aromatic N) is 3. The van der Waals surface area contributed by atoms with E-state index in [1.54, 1.807) is 19.2 Å². The molecule has 1 aliphatic heterocycles. The number of hydrogen-bond donors (Lipinski definition) is 1. The summed E-state index contributed by atoms with van der Waals surface area (Å²) in [5, 5.41) is 7.80. The van der Waals surface area contributed by atoms with Gasteiger partial charge in [0.15, 0.2) is 0 Å². The Kier molecular flexibility index (Phi) is 5.08. The number of aryl methyl sites for hydroxylation is 1. The number of carbonyl (C=O) groups excluding carboxylic acids is 1. The summed E-state index contributed by atoms with van der Waals surface area (Å²) in [5.74, 6) is 0.669. The minimum Gasteiger partial charge on any atom is -0.359 e. The zero-order valence-corrected chi connectivity index (χ0v) is 15.1. The van der Waals surface area contributed by atoms with Crippen molar-refractivity contribution in [1.29, 1.82) is 0 Å². The Morgan fingerprint density at radius 3 is 2.84 bits per heavy atom. The molecule has 0 bridgehead atoms. The Hall–Kier alpha value is -2.34. The van der Waals surface area contributed by atoms with Crippen LogP contribution in [0.3, 0.4) is 0 Å². The summed E-state index contributed by atoms with van der Waals surface area (Å²) in [6.07, 6.45) is 1.78. The molecule has 2 aromatic rings. The summed E-state index contributed by atoms with van der Waals surface area (Å²) >= 11 is 6.18. The Labute approximate surface area is 151 Å². The van der Waals surface area contributed by atoms with Gasteiger partial charge in [0, 0.05) is 31.2 Å². The van der Waals surface area contributed by atoms with Gasteiger partial charge in [0.1, 0.15) is 5.82 Å². The van der Waals surface area contributed by atoms with Gasteiger partial charge < -0.3 is 10.2 Å². The highest BCUT2D eigenvalue weighted by Crippen LogP contribution is 2.22. The van der Waals surface area contributed by atoms with Gasteiger partial charge in [-0.25, -0.2) is 0 Å². The van der Waals surface area contributed by atoms with E-state index in [0.29, 0.717) is 23.1 Å². The Morgan fingerprint density at radius 2 is 2.12 bits per heavy atom. The number of aromatic nitrogens is 2. The van der Waals surface area contributed by atoms with Crippen molar-refractivity contribution in [2.45, 2.75) is 19.8 Å².